The van der Waals surface area contributed by atoms with Crippen molar-refractivity contribution in [1.82, 2.24) is 10.1 Å². The molecule has 0 aliphatic carbocycles. The van der Waals surface area contributed by atoms with Crippen LogP contribution in [0.25, 0.3) is 22.8 Å². The number of aryl methyl sites for hydroxylation is 2. The number of hydrogen-bond donors (Lipinski definition) is 1. The summed E-state index contributed by atoms with van der Waals surface area (Å²) in [4.78, 5) is 17.7. The van der Waals surface area contributed by atoms with Crippen LogP contribution in [0.15, 0.2) is 59.1 Å². The number of amides is 1. The maximum Gasteiger partial charge on any atom is 0.259 e. The molecule has 0 aliphatic heterocycles. The van der Waals surface area contributed by atoms with Gasteiger partial charge >= 0.3 is 0 Å². The number of methoxy groups -OCH3 is 3. The summed E-state index contributed by atoms with van der Waals surface area (Å²) < 4.78 is 21.7. The van der Waals surface area contributed by atoms with Crippen LogP contribution in [0.2, 0.25) is 0 Å². The van der Waals surface area contributed by atoms with E-state index in [9.17, 15) is 4.79 Å². The van der Waals surface area contributed by atoms with Crippen LogP contribution in [-0.2, 0) is 0 Å². The lowest BCUT2D eigenvalue weighted by molar-refractivity contribution is 0.102. The number of ether oxygens (including phenoxy) is 3. The van der Waals surface area contributed by atoms with E-state index in [1.807, 2.05) is 38.1 Å². The van der Waals surface area contributed by atoms with Gasteiger partial charge in [0.2, 0.25) is 11.6 Å². The van der Waals surface area contributed by atoms with Gasteiger partial charge < -0.3 is 24.1 Å². The van der Waals surface area contributed by atoms with Crippen LogP contribution in [0.4, 0.5) is 5.69 Å². The van der Waals surface area contributed by atoms with Crippen molar-refractivity contribution in [1.29, 1.82) is 0 Å². The van der Waals surface area contributed by atoms with Crippen LogP contribution >= 0.6 is 0 Å². The minimum absolute atomic E-state index is 0.218. The Hall–Kier alpha value is -4.33. The van der Waals surface area contributed by atoms with Gasteiger partial charge in [0.25, 0.3) is 11.8 Å². The molecule has 0 aliphatic rings. The molecule has 4 rings (SSSR count). The number of hydrogen-bond acceptors (Lipinski definition) is 7. The molecule has 0 unspecified atom stereocenters. The van der Waals surface area contributed by atoms with E-state index in [0.29, 0.717) is 39.8 Å². The van der Waals surface area contributed by atoms with Crippen LogP contribution in [0.3, 0.4) is 0 Å². The van der Waals surface area contributed by atoms with Gasteiger partial charge in [-0.3, -0.25) is 4.79 Å². The zero-order chi connectivity index (χ0) is 24.2. The first-order chi connectivity index (χ1) is 16.4. The van der Waals surface area contributed by atoms with E-state index < -0.39 is 0 Å². The van der Waals surface area contributed by atoms with Crippen LogP contribution in [0.1, 0.15) is 21.5 Å². The molecule has 8 nitrogen and oxygen atoms in total. The number of aromatic nitrogens is 2. The van der Waals surface area contributed by atoms with E-state index in [4.69, 9.17) is 18.7 Å². The molecule has 3 aromatic carbocycles. The van der Waals surface area contributed by atoms with Gasteiger partial charge in [0.05, 0.1) is 32.5 Å². The van der Waals surface area contributed by atoms with E-state index in [2.05, 4.69) is 15.5 Å². The summed E-state index contributed by atoms with van der Waals surface area (Å²) >= 11 is 0. The first-order valence-corrected chi connectivity index (χ1v) is 10.6. The summed E-state index contributed by atoms with van der Waals surface area (Å²) in [5.74, 6) is 1.67. The minimum atomic E-state index is -0.267. The van der Waals surface area contributed by atoms with Gasteiger partial charge in [-0.05, 0) is 55.3 Å². The predicted octanol–water partition coefficient (Wildman–Crippen LogP) is 5.30. The standard InChI is InChI=1S/C26H25N3O5/c1-15-10-11-16(2)20(12-15)27-25(30)18-8-6-7-9-19(18)26-28-24(29-34-26)17-13-21(31-3)23(33-5)22(14-17)32-4/h6-14H,1-5H3,(H,27,30). The molecule has 0 saturated carbocycles. The first kappa shape index (κ1) is 22.8. The highest BCUT2D eigenvalue weighted by atomic mass is 16.5. The Bertz CT molecular complexity index is 1320. The largest absolute Gasteiger partial charge is 0.493 e. The Morgan fingerprint density at radius 2 is 1.62 bits per heavy atom. The molecule has 1 aromatic heterocycles. The van der Waals surface area contributed by atoms with Crippen molar-refractivity contribution < 1.29 is 23.5 Å². The van der Waals surface area contributed by atoms with E-state index >= 15 is 0 Å². The third kappa shape index (κ3) is 4.43. The third-order valence-electron chi connectivity index (χ3n) is 5.39. The van der Waals surface area contributed by atoms with Crippen molar-refractivity contribution >= 4 is 11.6 Å². The SMILES string of the molecule is COc1cc(-c2noc(-c3ccccc3C(=O)Nc3cc(C)ccc3C)n2)cc(OC)c1OC. The van der Waals surface area contributed by atoms with Gasteiger partial charge in [-0.25, -0.2) is 0 Å². The Morgan fingerprint density at radius 3 is 2.29 bits per heavy atom. The maximum absolute atomic E-state index is 13.1. The summed E-state index contributed by atoms with van der Waals surface area (Å²) in [6.45, 7) is 3.93. The summed E-state index contributed by atoms with van der Waals surface area (Å²) in [5.41, 5.74) is 4.34. The minimum Gasteiger partial charge on any atom is -0.493 e. The second-order valence-corrected chi connectivity index (χ2v) is 7.66. The number of rotatable bonds is 7. The molecule has 0 radical (unpaired) electrons. The number of benzene rings is 3. The lowest BCUT2D eigenvalue weighted by Crippen LogP contribution is -2.14. The second kappa shape index (κ2) is 9.66. The highest BCUT2D eigenvalue weighted by Crippen LogP contribution is 2.41. The van der Waals surface area contributed by atoms with E-state index in [0.717, 1.165) is 16.8 Å². The fourth-order valence-electron chi connectivity index (χ4n) is 3.59. The Labute approximate surface area is 197 Å². The molecule has 0 saturated heterocycles. The zero-order valence-electron chi connectivity index (χ0n) is 19.6. The van der Waals surface area contributed by atoms with Crippen molar-refractivity contribution in [3.63, 3.8) is 0 Å². The van der Waals surface area contributed by atoms with Gasteiger partial charge in [0.15, 0.2) is 11.5 Å². The third-order valence-corrected chi connectivity index (χ3v) is 5.39. The van der Waals surface area contributed by atoms with Crippen molar-refractivity contribution in [2.45, 2.75) is 13.8 Å². The Kier molecular flexibility index (Phi) is 6.49. The quantitative estimate of drug-likeness (QED) is 0.401. The van der Waals surface area contributed by atoms with Gasteiger partial charge in [-0.2, -0.15) is 4.98 Å². The van der Waals surface area contributed by atoms with Gasteiger partial charge in [0, 0.05) is 11.3 Å². The number of nitrogens with one attached hydrogen (secondary N) is 1. The maximum atomic E-state index is 13.1. The van der Waals surface area contributed by atoms with Crippen molar-refractivity contribution in [3.8, 4) is 40.1 Å². The van der Waals surface area contributed by atoms with Crippen LogP contribution in [0.5, 0.6) is 17.2 Å². The molecule has 0 fully saturated rings. The summed E-state index contributed by atoms with van der Waals surface area (Å²) in [5, 5.41) is 7.09. The first-order valence-electron chi connectivity index (χ1n) is 10.6. The van der Waals surface area contributed by atoms with Crippen LogP contribution in [-0.4, -0.2) is 37.4 Å². The fourth-order valence-corrected chi connectivity index (χ4v) is 3.59. The van der Waals surface area contributed by atoms with Crippen molar-refractivity contribution in [3.05, 3.63) is 71.3 Å². The highest BCUT2D eigenvalue weighted by molar-refractivity contribution is 6.08. The lowest BCUT2D eigenvalue weighted by atomic mass is 10.1. The van der Waals surface area contributed by atoms with Crippen molar-refractivity contribution in [2.24, 2.45) is 0 Å². The smallest absolute Gasteiger partial charge is 0.259 e. The number of carbonyl (C=O) groups is 1. The molecule has 0 spiro atoms. The average molecular weight is 460 g/mol. The Balaban J connectivity index is 1.69. The van der Waals surface area contributed by atoms with Gasteiger partial charge in [-0.1, -0.05) is 29.4 Å². The average Bonchev–Trinajstić information content (AvgIpc) is 3.35. The predicted molar refractivity (Wildman–Crippen MR) is 129 cm³/mol. The highest BCUT2D eigenvalue weighted by Gasteiger charge is 2.21. The zero-order valence-corrected chi connectivity index (χ0v) is 19.6. The fraction of sp³-hybridized carbons (Fsp3) is 0.192. The lowest BCUT2D eigenvalue weighted by Gasteiger charge is -2.12. The monoisotopic (exact) mass is 459 g/mol. The molecular weight excluding hydrogens is 434 g/mol. The molecule has 34 heavy (non-hydrogen) atoms. The molecule has 0 atom stereocenters. The van der Waals surface area contributed by atoms with Crippen LogP contribution in [0, 0.1) is 13.8 Å². The molecule has 4 aromatic rings. The second-order valence-electron chi connectivity index (χ2n) is 7.66. The number of carbonyl (C=O) groups excluding carboxylic acids is 1. The van der Waals surface area contributed by atoms with E-state index in [-0.39, 0.29) is 11.8 Å². The molecule has 1 amide bonds. The topological polar surface area (TPSA) is 95.7 Å². The Morgan fingerprint density at radius 1 is 0.912 bits per heavy atom. The van der Waals surface area contributed by atoms with E-state index in [1.54, 1.807) is 30.3 Å². The summed E-state index contributed by atoms with van der Waals surface area (Å²) in [6, 6.07) is 16.5. The van der Waals surface area contributed by atoms with Crippen molar-refractivity contribution in [2.75, 3.05) is 26.6 Å². The number of anilines is 1. The molecule has 8 heteroatoms. The molecule has 1 heterocycles. The number of nitrogens with zero attached hydrogens (tertiary/aromatic N) is 2. The molecular formula is C26H25N3O5. The molecule has 174 valence electrons. The van der Waals surface area contributed by atoms with E-state index in [1.165, 1.54) is 21.3 Å². The van der Waals surface area contributed by atoms with Gasteiger partial charge in [0.1, 0.15) is 0 Å². The normalized spacial score (nSPS) is 10.6. The summed E-state index contributed by atoms with van der Waals surface area (Å²) in [6.07, 6.45) is 0. The van der Waals surface area contributed by atoms with Crippen LogP contribution < -0.4 is 19.5 Å². The summed E-state index contributed by atoms with van der Waals surface area (Å²) in [7, 11) is 4.60. The van der Waals surface area contributed by atoms with Gasteiger partial charge in [-0.15, -0.1) is 0 Å². The molecule has 0 bridgehead atoms. The molecule has 1 N–H and O–H groups in total.